The Kier molecular flexibility index (Phi) is 5.08. The summed E-state index contributed by atoms with van der Waals surface area (Å²) in [5.74, 6) is 2.65. The molecular formula is C16H21N5O2. The van der Waals surface area contributed by atoms with Crippen molar-refractivity contribution < 1.29 is 9.47 Å². The zero-order chi connectivity index (χ0) is 15.9. The van der Waals surface area contributed by atoms with Crippen LogP contribution >= 0.6 is 0 Å². The minimum Gasteiger partial charge on any atom is -0.486 e. The van der Waals surface area contributed by atoms with Gasteiger partial charge in [-0.2, -0.15) is 10.1 Å². The Morgan fingerprint density at radius 1 is 1.13 bits per heavy atom. The van der Waals surface area contributed by atoms with Crippen LogP contribution in [0.1, 0.15) is 26.2 Å². The van der Waals surface area contributed by atoms with Crippen LogP contribution in [0.2, 0.25) is 0 Å². The lowest BCUT2D eigenvalue weighted by Crippen LogP contribution is -2.15. The largest absolute Gasteiger partial charge is 0.486 e. The van der Waals surface area contributed by atoms with E-state index >= 15 is 0 Å². The van der Waals surface area contributed by atoms with Crippen molar-refractivity contribution >= 4 is 17.5 Å². The Hall–Kier alpha value is -2.57. The highest BCUT2D eigenvalue weighted by Gasteiger charge is 2.12. The predicted octanol–water partition coefficient (Wildman–Crippen LogP) is 2.99. The first-order chi connectivity index (χ1) is 11.3. The number of hydrogen-bond donors (Lipinski definition) is 2. The molecule has 3 rings (SSSR count). The lowest BCUT2D eigenvalue weighted by molar-refractivity contribution is 0.171. The summed E-state index contributed by atoms with van der Waals surface area (Å²) >= 11 is 0. The summed E-state index contributed by atoms with van der Waals surface area (Å²) in [6.45, 7) is 4.21. The van der Waals surface area contributed by atoms with Crippen molar-refractivity contribution in [2.24, 2.45) is 0 Å². The molecule has 2 aromatic rings. The van der Waals surface area contributed by atoms with Crippen molar-refractivity contribution in [3.8, 4) is 11.5 Å². The maximum Gasteiger partial charge on any atom is 0.249 e. The number of ether oxygens (including phenoxy) is 2. The van der Waals surface area contributed by atoms with Gasteiger partial charge >= 0.3 is 0 Å². The summed E-state index contributed by atoms with van der Waals surface area (Å²) in [5.41, 5.74) is 0.833. The Balaban J connectivity index is 1.63. The molecule has 23 heavy (non-hydrogen) atoms. The molecule has 0 amide bonds. The molecule has 0 fully saturated rings. The number of rotatable bonds is 7. The third-order valence-corrected chi connectivity index (χ3v) is 3.44. The van der Waals surface area contributed by atoms with Crippen LogP contribution in [-0.2, 0) is 0 Å². The SMILES string of the molecule is CCCCCNc1cnnc(Nc2ccc3c(c2)OCCO3)n1. The zero-order valence-electron chi connectivity index (χ0n) is 13.2. The van der Waals surface area contributed by atoms with E-state index < -0.39 is 0 Å². The van der Waals surface area contributed by atoms with Crippen molar-refractivity contribution in [2.45, 2.75) is 26.2 Å². The molecule has 2 heterocycles. The van der Waals surface area contributed by atoms with E-state index in [2.05, 4.69) is 32.7 Å². The first kappa shape index (κ1) is 15.3. The predicted molar refractivity (Wildman–Crippen MR) is 88.6 cm³/mol. The topological polar surface area (TPSA) is 81.2 Å². The molecule has 0 saturated carbocycles. The molecule has 122 valence electrons. The van der Waals surface area contributed by atoms with Gasteiger partial charge in [0.2, 0.25) is 5.95 Å². The van der Waals surface area contributed by atoms with E-state index in [1.165, 1.54) is 12.8 Å². The summed E-state index contributed by atoms with van der Waals surface area (Å²) < 4.78 is 11.1. The zero-order valence-corrected chi connectivity index (χ0v) is 13.2. The fraction of sp³-hybridized carbons (Fsp3) is 0.438. The van der Waals surface area contributed by atoms with Crippen LogP contribution in [0, 0.1) is 0 Å². The first-order valence-corrected chi connectivity index (χ1v) is 7.95. The van der Waals surface area contributed by atoms with E-state index in [0.717, 1.165) is 36.0 Å². The molecule has 1 aromatic heterocycles. The van der Waals surface area contributed by atoms with Gasteiger partial charge in [-0.15, -0.1) is 5.10 Å². The summed E-state index contributed by atoms with van der Waals surface area (Å²) in [6, 6.07) is 5.65. The second kappa shape index (κ2) is 7.62. The summed E-state index contributed by atoms with van der Waals surface area (Å²) in [6.07, 6.45) is 5.14. The quantitative estimate of drug-likeness (QED) is 0.760. The van der Waals surface area contributed by atoms with Gasteiger partial charge in [-0.25, -0.2) is 0 Å². The average Bonchev–Trinajstić information content (AvgIpc) is 2.59. The highest BCUT2D eigenvalue weighted by molar-refractivity contribution is 5.60. The second-order valence-corrected chi connectivity index (χ2v) is 5.28. The number of nitrogens with one attached hydrogen (secondary N) is 2. The lowest BCUT2D eigenvalue weighted by Gasteiger charge is -2.18. The monoisotopic (exact) mass is 315 g/mol. The first-order valence-electron chi connectivity index (χ1n) is 7.95. The van der Waals surface area contributed by atoms with Crippen LogP contribution in [0.5, 0.6) is 11.5 Å². The van der Waals surface area contributed by atoms with Crippen LogP contribution in [0.15, 0.2) is 24.4 Å². The van der Waals surface area contributed by atoms with Crippen molar-refractivity contribution in [3.63, 3.8) is 0 Å². The van der Waals surface area contributed by atoms with E-state index in [-0.39, 0.29) is 0 Å². The Morgan fingerprint density at radius 2 is 2.00 bits per heavy atom. The van der Waals surface area contributed by atoms with Crippen LogP contribution in [0.3, 0.4) is 0 Å². The minimum atomic E-state index is 0.446. The van der Waals surface area contributed by atoms with E-state index in [0.29, 0.717) is 19.2 Å². The van der Waals surface area contributed by atoms with Gasteiger partial charge in [0.05, 0.1) is 6.20 Å². The van der Waals surface area contributed by atoms with Crippen LogP contribution < -0.4 is 20.1 Å². The number of hydrogen-bond acceptors (Lipinski definition) is 7. The van der Waals surface area contributed by atoms with E-state index in [1.807, 2.05) is 18.2 Å². The maximum absolute atomic E-state index is 5.57. The molecule has 2 N–H and O–H groups in total. The molecule has 1 aliphatic heterocycles. The third-order valence-electron chi connectivity index (χ3n) is 3.44. The number of anilines is 3. The van der Waals surface area contributed by atoms with Gasteiger partial charge in [0, 0.05) is 18.3 Å². The Morgan fingerprint density at radius 3 is 2.87 bits per heavy atom. The molecule has 0 atom stereocenters. The Bertz CT molecular complexity index is 650. The van der Waals surface area contributed by atoms with Crippen molar-refractivity contribution in [2.75, 3.05) is 30.4 Å². The molecule has 0 radical (unpaired) electrons. The highest BCUT2D eigenvalue weighted by Crippen LogP contribution is 2.33. The molecular weight excluding hydrogens is 294 g/mol. The molecule has 1 aromatic carbocycles. The molecule has 0 bridgehead atoms. The molecule has 0 aliphatic carbocycles. The molecule has 0 unspecified atom stereocenters. The molecule has 7 heteroatoms. The fourth-order valence-corrected chi connectivity index (χ4v) is 2.28. The van der Waals surface area contributed by atoms with Crippen molar-refractivity contribution in [1.82, 2.24) is 15.2 Å². The molecule has 1 aliphatic rings. The number of nitrogens with zero attached hydrogens (tertiary/aromatic N) is 3. The second-order valence-electron chi connectivity index (χ2n) is 5.28. The van der Waals surface area contributed by atoms with E-state index in [4.69, 9.17) is 9.47 Å². The normalized spacial score (nSPS) is 12.7. The van der Waals surface area contributed by atoms with Gasteiger partial charge in [0.25, 0.3) is 0 Å². The van der Waals surface area contributed by atoms with E-state index in [9.17, 15) is 0 Å². The van der Waals surface area contributed by atoms with Gasteiger partial charge < -0.3 is 20.1 Å². The smallest absolute Gasteiger partial charge is 0.249 e. The molecule has 0 spiro atoms. The molecule has 7 nitrogen and oxygen atoms in total. The van der Waals surface area contributed by atoms with Gasteiger partial charge in [0.1, 0.15) is 13.2 Å². The van der Waals surface area contributed by atoms with E-state index in [1.54, 1.807) is 6.20 Å². The van der Waals surface area contributed by atoms with Crippen LogP contribution in [0.25, 0.3) is 0 Å². The maximum atomic E-state index is 5.57. The van der Waals surface area contributed by atoms with Gasteiger partial charge in [-0.05, 0) is 18.6 Å². The minimum absolute atomic E-state index is 0.446. The lowest BCUT2D eigenvalue weighted by atomic mass is 10.2. The van der Waals surface area contributed by atoms with Crippen LogP contribution in [-0.4, -0.2) is 34.9 Å². The number of aromatic nitrogens is 3. The standard InChI is InChI=1S/C16H21N5O2/c1-2-3-4-7-17-15-11-18-21-16(20-15)19-12-5-6-13-14(10-12)23-9-8-22-13/h5-6,10-11H,2-4,7-9H2,1H3,(H2,17,19,20,21). The van der Waals surface area contributed by atoms with Gasteiger partial charge in [-0.1, -0.05) is 19.8 Å². The molecule has 0 saturated heterocycles. The highest BCUT2D eigenvalue weighted by atomic mass is 16.6. The van der Waals surface area contributed by atoms with Crippen molar-refractivity contribution in [3.05, 3.63) is 24.4 Å². The van der Waals surface area contributed by atoms with Gasteiger partial charge in [0.15, 0.2) is 17.3 Å². The fourth-order valence-electron chi connectivity index (χ4n) is 2.28. The number of benzene rings is 1. The Labute approximate surface area is 135 Å². The third kappa shape index (κ3) is 4.21. The number of unbranched alkanes of at least 4 members (excludes halogenated alkanes) is 2. The summed E-state index contributed by atoms with van der Waals surface area (Å²) in [7, 11) is 0. The van der Waals surface area contributed by atoms with Crippen LogP contribution in [0.4, 0.5) is 17.5 Å². The average molecular weight is 315 g/mol. The summed E-state index contributed by atoms with van der Waals surface area (Å²) in [5, 5.41) is 14.4. The summed E-state index contributed by atoms with van der Waals surface area (Å²) in [4.78, 5) is 4.41. The van der Waals surface area contributed by atoms with Crippen molar-refractivity contribution in [1.29, 1.82) is 0 Å². The number of fused-ring (bicyclic) bond motifs is 1. The van der Waals surface area contributed by atoms with Gasteiger partial charge in [-0.3, -0.25) is 0 Å².